The van der Waals surface area contributed by atoms with Gasteiger partial charge >= 0.3 is 0 Å². The van der Waals surface area contributed by atoms with E-state index in [0.29, 0.717) is 29.0 Å². The third kappa shape index (κ3) is 1.97. The first-order valence-corrected chi connectivity index (χ1v) is 5.77. The van der Waals surface area contributed by atoms with Crippen LogP contribution in [-0.4, -0.2) is 27.0 Å². The van der Waals surface area contributed by atoms with Crippen LogP contribution in [0.15, 0.2) is 18.5 Å². The van der Waals surface area contributed by atoms with E-state index in [-0.39, 0.29) is 0 Å². The lowest BCUT2D eigenvalue weighted by molar-refractivity contribution is 0.397. The van der Waals surface area contributed by atoms with Gasteiger partial charge in [0, 0.05) is 24.4 Å². The Bertz CT molecular complexity index is 582. The number of methoxy groups -OCH3 is 1. The van der Waals surface area contributed by atoms with Gasteiger partial charge in [-0.05, 0) is 12.8 Å². The summed E-state index contributed by atoms with van der Waals surface area (Å²) < 4.78 is 5.18. The molecule has 0 aliphatic heterocycles. The zero-order chi connectivity index (χ0) is 12.5. The number of hydrogen-bond donors (Lipinski definition) is 1. The van der Waals surface area contributed by atoms with Crippen molar-refractivity contribution in [2.75, 3.05) is 12.8 Å². The molecular formula is C12H13N5O. The van der Waals surface area contributed by atoms with E-state index in [9.17, 15) is 0 Å². The molecule has 6 nitrogen and oxygen atoms in total. The Hall–Kier alpha value is -2.24. The number of anilines is 1. The van der Waals surface area contributed by atoms with Crippen molar-refractivity contribution in [3.8, 4) is 17.3 Å². The molecule has 1 aliphatic carbocycles. The lowest BCUT2D eigenvalue weighted by atomic mass is 10.2. The average Bonchev–Trinajstić information content (AvgIpc) is 3.22. The van der Waals surface area contributed by atoms with Crippen LogP contribution in [-0.2, 0) is 0 Å². The molecule has 0 spiro atoms. The number of ether oxygens (including phenoxy) is 1. The fourth-order valence-electron chi connectivity index (χ4n) is 1.78. The van der Waals surface area contributed by atoms with Crippen molar-refractivity contribution in [3.63, 3.8) is 0 Å². The summed E-state index contributed by atoms with van der Waals surface area (Å²) >= 11 is 0. The van der Waals surface area contributed by atoms with Gasteiger partial charge in [0.25, 0.3) is 0 Å². The van der Waals surface area contributed by atoms with Crippen LogP contribution in [0.25, 0.3) is 11.4 Å². The molecule has 0 bridgehead atoms. The van der Waals surface area contributed by atoms with Crippen molar-refractivity contribution < 1.29 is 4.74 Å². The Kier molecular flexibility index (Phi) is 2.55. The molecule has 18 heavy (non-hydrogen) atoms. The maximum atomic E-state index is 5.81. The molecule has 3 rings (SSSR count). The molecule has 2 aromatic rings. The molecule has 0 aromatic carbocycles. The number of nitrogens with zero attached hydrogens (tertiary/aromatic N) is 4. The highest BCUT2D eigenvalue weighted by molar-refractivity contribution is 5.62. The Morgan fingerprint density at radius 3 is 2.72 bits per heavy atom. The van der Waals surface area contributed by atoms with Crippen LogP contribution >= 0.6 is 0 Å². The van der Waals surface area contributed by atoms with E-state index in [1.165, 1.54) is 0 Å². The lowest BCUT2D eigenvalue weighted by Gasteiger charge is -2.07. The molecule has 2 N–H and O–H groups in total. The predicted molar refractivity (Wildman–Crippen MR) is 66.0 cm³/mol. The van der Waals surface area contributed by atoms with Gasteiger partial charge in [0.15, 0.2) is 5.69 Å². The van der Waals surface area contributed by atoms with Gasteiger partial charge in [-0.25, -0.2) is 19.9 Å². The maximum Gasteiger partial charge on any atom is 0.241 e. The molecule has 0 saturated heterocycles. The molecule has 92 valence electrons. The summed E-state index contributed by atoms with van der Waals surface area (Å²) in [5.41, 5.74) is 7.07. The number of hydrogen-bond acceptors (Lipinski definition) is 6. The van der Waals surface area contributed by atoms with Gasteiger partial charge in [-0.15, -0.1) is 0 Å². The van der Waals surface area contributed by atoms with Gasteiger partial charge < -0.3 is 10.5 Å². The molecule has 1 aliphatic rings. The molecule has 0 atom stereocenters. The third-order valence-corrected chi connectivity index (χ3v) is 2.81. The summed E-state index contributed by atoms with van der Waals surface area (Å²) in [6, 6.07) is 1.69. The largest absolute Gasteiger partial charge is 0.479 e. The molecule has 6 heteroatoms. The smallest absolute Gasteiger partial charge is 0.241 e. The summed E-state index contributed by atoms with van der Waals surface area (Å²) in [7, 11) is 1.56. The zero-order valence-corrected chi connectivity index (χ0v) is 10.00. The van der Waals surface area contributed by atoms with Gasteiger partial charge in [-0.1, -0.05) is 0 Å². The number of nitrogens with two attached hydrogens (primary N) is 1. The minimum absolute atomic E-state index is 0.440. The van der Waals surface area contributed by atoms with Crippen LogP contribution in [0.3, 0.4) is 0 Å². The normalized spacial score (nSPS) is 14.5. The Balaban J connectivity index is 2.10. The first-order valence-electron chi connectivity index (χ1n) is 5.77. The highest BCUT2D eigenvalue weighted by Gasteiger charge is 2.27. The van der Waals surface area contributed by atoms with Gasteiger partial charge in [-0.2, -0.15) is 0 Å². The topological polar surface area (TPSA) is 86.8 Å². The van der Waals surface area contributed by atoms with E-state index in [1.54, 1.807) is 25.6 Å². The van der Waals surface area contributed by atoms with Crippen molar-refractivity contribution in [1.82, 2.24) is 19.9 Å². The molecular weight excluding hydrogens is 230 g/mol. The third-order valence-electron chi connectivity index (χ3n) is 2.81. The molecule has 1 fully saturated rings. The van der Waals surface area contributed by atoms with Crippen LogP contribution in [0.4, 0.5) is 5.82 Å². The summed E-state index contributed by atoms with van der Waals surface area (Å²) in [6.45, 7) is 0. The lowest BCUT2D eigenvalue weighted by Crippen LogP contribution is -2.02. The van der Waals surface area contributed by atoms with Crippen LogP contribution in [0.1, 0.15) is 24.6 Å². The summed E-state index contributed by atoms with van der Waals surface area (Å²) in [6.07, 6.45) is 5.43. The van der Waals surface area contributed by atoms with Crippen LogP contribution in [0.2, 0.25) is 0 Å². The van der Waals surface area contributed by atoms with E-state index < -0.39 is 0 Å². The second-order valence-electron chi connectivity index (χ2n) is 4.22. The fraction of sp³-hybridized carbons (Fsp3) is 0.333. The molecule has 2 heterocycles. The highest BCUT2D eigenvalue weighted by Crippen LogP contribution is 2.39. The Labute approximate surface area is 104 Å². The first kappa shape index (κ1) is 10.9. The van der Waals surface area contributed by atoms with Crippen LogP contribution in [0.5, 0.6) is 5.88 Å². The Morgan fingerprint density at radius 2 is 2.00 bits per heavy atom. The standard InChI is InChI=1S/C12H13N5O/c1-18-12-10(14-4-5-15-12)8-6-9(13)17-11(16-8)7-2-3-7/h4-7H,2-3H2,1H3,(H2,13,16,17). The van der Waals surface area contributed by atoms with Gasteiger partial charge in [0.1, 0.15) is 17.3 Å². The maximum absolute atomic E-state index is 5.81. The average molecular weight is 243 g/mol. The second kappa shape index (κ2) is 4.21. The number of rotatable bonds is 3. The van der Waals surface area contributed by atoms with E-state index in [4.69, 9.17) is 10.5 Å². The van der Waals surface area contributed by atoms with Gasteiger partial charge in [0.05, 0.1) is 7.11 Å². The Morgan fingerprint density at radius 1 is 1.22 bits per heavy atom. The first-order chi connectivity index (χ1) is 8.78. The fourth-order valence-corrected chi connectivity index (χ4v) is 1.78. The van der Waals surface area contributed by atoms with Gasteiger partial charge in [0.2, 0.25) is 5.88 Å². The minimum Gasteiger partial charge on any atom is -0.479 e. The van der Waals surface area contributed by atoms with Crippen molar-refractivity contribution in [1.29, 1.82) is 0 Å². The molecule has 0 unspecified atom stereocenters. The molecule has 2 aromatic heterocycles. The molecule has 0 radical (unpaired) electrons. The summed E-state index contributed by atoms with van der Waals surface area (Å²) in [5.74, 6) is 2.12. The minimum atomic E-state index is 0.440. The second-order valence-corrected chi connectivity index (χ2v) is 4.22. The molecule has 0 amide bonds. The van der Waals surface area contributed by atoms with Gasteiger partial charge in [-0.3, -0.25) is 0 Å². The van der Waals surface area contributed by atoms with Crippen molar-refractivity contribution in [2.24, 2.45) is 0 Å². The molecule has 1 saturated carbocycles. The predicted octanol–water partition coefficient (Wildman–Crippen LogP) is 1.40. The highest BCUT2D eigenvalue weighted by atomic mass is 16.5. The summed E-state index contributed by atoms with van der Waals surface area (Å²) in [5, 5.41) is 0. The van der Waals surface area contributed by atoms with E-state index in [2.05, 4.69) is 19.9 Å². The van der Waals surface area contributed by atoms with Crippen molar-refractivity contribution in [3.05, 3.63) is 24.3 Å². The van der Waals surface area contributed by atoms with Crippen LogP contribution < -0.4 is 10.5 Å². The van der Waals surface area contributed by atoms with E-state index >= 15 is 0 Å². The number of aromatic nitrogens is 4. The monoisotopic (exact) mass is 243 g/mol. The SMILES string of the molecule is COc1nccnc1-c1cc(N)nc(C2CC2)n1. The quantitative estimate of drug-likeness (QED) is 0.876. The van der Waals surface area contributed by atoms with Crippen molar-refractivity contribution >= 4 is 5.82 Å². The van der Waals surface area contributed by atoms with E-state index in [1.807, 2.05) is 0 Å². The number of nitrogen functional groups attached to an aromatic ring is 1. The summed E-state index contributed by atoms with van der Waals surface area (Å²) in [4.78, 5) is 17.1. The zero-order valence-electron chi connectivity index (χ0n) is 10.00. The van der Waals surface area contributed by atoms with Crippen LogP contribution in [0, 0.1) is 0 Å². The van der Waals surface area contributed by atoms with Crippen molar-refractivity contribution in [2.45, 2.75) is 18.8 Å². The van der Waals surface area contributed by atoms with E-state index in [0.717, 1.165) is 18.7 Å².